The summed E-state index contributed by atoms with van der Waals surface area (Å²) in [7, 11) is 3.09. The van der Waals surface area contributed by atoms with Crippen molar-refractivity contribution < 1.29 is 9.53 Å². The van der Waals surface area contributed by atoms with Crippen molar-refractivity contribution in [2.75, 3.05) is 19.1 Å². The van der Waals surface area contributed by atoms with Crippen LogP contribution in [-0.4, -0.2) is 31.2 Å². The lowest BCUT2D eigenvalue weighted by Crippen LogP contribution is -2.37. The van der Waals surface area contributed by atoms with E-state index in [4.69, 9.17) is 5.26 Å². The molecular weight excluding hydrogens is 206 g/mol. The maximum Gasteiger partial charge on any atom is 0.328 e. The van der Waals surface area contributed by atoms with Crippen molar-refractivity contribution >= 4 is 11.8 Å². The fourth-order valence-corrected chi connectivity index (χ4v) is 1.19. The van der Waals surface area contributed by atoms with Crippen LogP contribution in [0.25, 0.3) is 0 Å². The molecule has 16 heavy (non-hydrogen) atoms. The van der Waals surface area contributed by atoms with E-state index in [0.717, 1.165) is 0 Å². The second-order valence-electron chi connectivity index (χ2n) is 3.33. The van der Waals surface area contributed by atoms with Gasteiger partial charge in [-0.15, -0.1) is 0 Å². The molecule has 1 rings (SSSR count). The first kappa shape index (κ1) is 12.0. The number of carbonyl (C=O) groups is 1. The number of nitrogens with zero attached hydrogens (tertiary/aromatic N) is 3. The Kier molecular flexibility index (Phi) is 3.84. The summed E-state index contributed by atoms with van der Waals surface area (Å²) in [6, 6.07) is 4.92. The molecule has 1 aromatic rings. The Balaban J connectivity index is 2.84. The molecule has 0 aliphatic heterocycles. The molecule has 0 radical (unpaired) electrons. The van der Waals surface area contributed by atoms with E-state index in [1.54, 1.807) is 31.0 Å². The van der Waals surface area contributed by atoms with Gasteiger partial charge in [0.05, 0.1) is 12.7 Å². The number of hydrogen-bond donors (Lipinski definition) is 0. The highest BCUT2D eigenvalue weighted by Crippen LogP contribution is 2.12. The Labute approximate surface area is 94.3 Å². The average molecular weight is 219 g/mol. The van der Waals surface area contributed by atoms with E-state index >= 15 is 0 Å². The summed E-state index contributed by atoms with van der Waals surface area (Å²) in [4.78, 5) is 17.1. The molecule has 0 bridgehead atoms. The third kappa shape index (κ3) is 2.48. The lowest BCUT2D eigenvalue weighted by molar-refractivity contribution is -0.141. The van der Waals surface area contributed by atoms with Gasteiger partial charge in [0.25, 0.3) is 0 Å². The van der Waals surface area contributed by atoms with Crippen molar-refractivity contribution in [3.63, 3.8) is 0 Å². The molecular formula is C11H13N3O2. The van der Waals surface area contributed by atoms with Gasteiger partial charge in [0.1, 0.15) is 17.9 Å². The van der Waals surface area contributed by atoms with Gasteiger partial charge in [-0.2, -0.15) is 5.26 Å². The molecule has 5 heteroatoms. The number of rotatable bonds is 3. The van der Waals surface area contributed by atoms with Crippen molar-refractivity contribution in [3.05, 3.63) is 23.9 Å². The second kappa shape index (κ2) is 5.12. The van der Waals surface area contributed by atoms with Gasteiger partial charge in [0, 0.05) is 13.2 Å². The highest BCUT2D eigenvalue weighted by molar-refractivity contribution is 5.78. The summed E-state index contributed by atoms with van der Waals surface area (Å²) in [6.07, 6.45) is 1.47. The molecule has 0 spiro atoms. The van der Waals surface area contributed by atoms with Crippen molar-refractivity contribution in [1.82, 2.24) is 4.98 Å². The molecule has 0 saturated carbocycles. The number of ether oxygens (including phenoxy) is 1. The van der Waals surface area contributed by atoms with Gasteiger partial charge in [-0.1, -0.05) is 0 Å². The van der Waals surface area contributed by atoms with E-state index in [1.165, 1.54) is 13.3 Å². The Bertz CT molecular complexity index is 408. The first-order valence-corrected chi connectivity index (χ1v) is 4.77. The van der Waals surface area contributed by atoms with Gasteiger partial charge < -0.3 is 9.64 Å². The molecule has 0 amide bonds. The van der Waals surface area contributed by atoms with Gasteiger partial charge in [0.15, 0.2) is 0 Å². The fraction of sp³-hybridized carbons (Fsp3) is 0.364. The molecule has 1 heterocycles. The lowest BCUT2D eigenvalue weighted by atomic mass is 10.2. The van der Waals surface area contributed by atoms with Gasteiger partial charge in [-0.25, -0.2) is 9.78 Å². The number of anilines is 1. The molecule has 84 valence electrons. The van der Waals surface area contributed by atoms with E-state index in [9.17, 15) is 4.79 Å². The van der Waals surface area contributed by atoms with Crippen LogP contribution >= 0.6 is 0 Å². The van der Waals surface area contributed by atoms with Crippen LogP contribution < -0.4 is 4.90 Å². The smallest absolute Gasteiger partial charge is 0.328 e. The molecule has 0 aliphatic carbocycles. The van der Waals surface area contributed by atoms with Crippen LogP contribution in [-0.2, 0) is 9.53 Å². The molecule has 0 N–H and O–H groups in total. The van der Waals surface area contributed by atoms with Crippen LogP contribution in [0.15, 0.2) is 18.3 Å². The van der Waals surface area contributed by atoms with E-state index in [-0.39, 0.29) is 5.97 Å². The minimum absolute atomic E-state index is 0.325. The summed E-state index contributed by atoms with van der Waals surface area (Å²) >= 11 is 0. The Hall–Kier alpha value is -2.09. The van der Waals surface area contributed by atoms with Crippen molar-refractivity contribution in [2.24, 2.45) is 0 Å². The number of carbonyl (C=O) groups excluding carboxylic acids is 1. The number of esters is 1. The van der Waals surface area contributed by atoms with Crippen molar-refractivity contribution in [1.29, 1.82) is 5.26 Å². The molecule has 0 unspecified atom stereocenters. The van der Waals surface area contributed by atoms with Gasteiger partial charge in [-0.05, 0) is 19.1 Å². The van der Waals surface area contributed by atoms with Gasteiger partial charge in [0.2, 0.25) is 0 Å². The first-order valence-electron chi connectivity index (χ1n) is 4.77. The first-order chi connectivity index (χ1) is 7.60. The van der Waals surface area contributed by atoms with Crippen LogP contribution in [0.2, 0.25) is 0 Å². The third-order valence-corrected chi connectivity index (χ3v) is 2.36. The summed E-state index contributed by atoms with van der Waals surface area (Å²) in [5.74, 6) is 0.297. The summed E-state index contributed by atoms with van der Waals surface area (Å²) in [5.41, 5.74) is 0.489. The highest BCUT2D eigenvalue weighted by Gasteiger charge is 2.19. The van der Waals surface area contributed by atoms with E-state index in [2.05, 4.69) is 9.72 Å². The maximum absolute atomic E-state index is 11.3. The number of aromatic nitrogens is 1. The quantitative estimate of drug-likeness (QED) is 0.708. The number of methoxy groups -OCH3 is 1. The molecule has 0 saturated heterocycles. The topological polar surface area (TPSA) is 66.2 Å². The molecule has 0 fully saturated rings. The Morgan fingerprint density at radius 3 is 2.75 bits per heavy atom. The van der Waals surface area contributed by atoms with Crippen LogP contribution in [0.3, 0.4) is 0 Å². The minimum atomic E-state index is -0.412. The molecule has 5 nitrogen and oxygen atoms in total. The van der Waals surface area contributed by atoms with Crippen LogP contribution in [0.5, 0.6) is 0 Å². The van der Waals surface area contributed by atoms with E-state index in [0.29, 0.717) is 11.4 Å². The Morgan fingerprint density at radius 2 is 2.31 bits per heavy atom. The molecule has 0 aromatic carbocycles. The zero-order chi connectivity index (χ0) is 12.1. The summed E-state index contributed by atoms with van der Waals surface area (Å²) in [6.45, 7) is 1.73. The fourth-order valence-electron chi connectivity index (χ4n) is 1.19. The average Bonchev–Trinajstić information content (AvgIpc) is 2.36. The molecule has 1 atom stereocenters. The maximum atomic E-state index is 11.3. The predicted octanol–water partition coefficient (Wildman–Crippen LogP) is 0.951. The van der Waals surface area contributed by atoms with Crippen molar-refractivity contribution in [2.45, 2.75) is 13.0 Å². The zero-order valence-electron chi connectivity index (χ0n) is 9.47. The van der Waals surface area contributed by atoms with Crippen LogP contribution in [0, 0.1) is 11.3 Å². The summed E-state index contributed by atoms with van der Waals surface area (Å²) < 4.78 is 4.64. The zero-order valence-corrected chi connectivity index (χ0v) is 9.47. The molecule has 0 aliphatic rings. The van der Waals surface area contributed by atoms with Gasteiger partial charge >= 0.3 is 5.97 Å². The monoisotopic (exact) mass is 219 g/mol. The van der Waals surface area contributed by atoms with Crippen molar-refractivity contribution in [3.8, 4) is 6.07 Å². The number of likely N-dealkylation sites (N-methyl/N-ethyl adjacent to an activating group) is 1. The second-order valence-corrected chi connectivity index (χ2v) is 3.33. The largest absolute Gasteiger partial charge is 0.467 e. The molecule has 1 aromatic heterocycles. The van der Waals surface area contributed by atoms with E-state index in [1.807, 2.05) is 6.07 Å². The van der Waals surface area contributed by atoms with E-state index < -0.39 is 6.04 Å². The van der Waals surface area contributed by atoms with Gasteiger partial charge in [-0.3, -0.25) is 0 Å². The summed E-state index contributed by atoms with van der Waals surface area (Å²) in [5, 5.41) is 8.62. The van der Waals surface area contributed by atoms with Crippen LogP contribution in [0.1, 0.15) is 12.5 Å². The third-order valence-electron chi connectivity index (χ3n) is 2.36. The van der Waals surface area contributed by atoms with Crippen LogP contribution in [0.4, 0.5) is 5.82 Å². The standard InChI is InChI=1S/C11H13N3O2/c1-8(11(15)16-3)14(2)10-5-4-9(6-12)7-13-10/h4-5,7-8H,1-3H3/t8-/m0/s1. The number of pyridine rings is 1. The Morgan fingerprint density at radius 1 is 1.62 bits per heavy atom. The SMILES string of the molecule is COC(=O)[C@H](C)N(C)c1ccc(C#N)cn1. The minimum Gasteiger partial charge on any atom is -0.467 e. The number of nitriles is 1. The predicted molar refractivity (Wildman–Crippen MR) is 58.8 cm³/mol. The highest BCUT2D eigenvalue weighted by atomic mass is 16.5. The normalized spacial score (nSPS) is 11.4. The lowest BCUT2D eigenvalue weighted by Gasteiger charge is -2.23. The number of hydrogen-bond acceptors (Lipinski definition) is 5.